The zero-order valence-corrected chi connectivity index (χ0v) is 34.5. The maximum absolute atomic E-state index is 13.8. The lowest BCUT2D eigenvalue weighted by Gasteiger charge is -2.30. The van der Waals surface area contributed by atoms with E-state index in [1.165, 1.54) is 7.11 Å². The number of amides is 3. The van der Waals surface area contributed by atoms with Gasteiger partial charge in [-0.2, -0.15) is 0 Å². The standard InChI is InChI=1S/C44H53N7O7/c1-23(2)37(49-42(53)56-8)41(52)50-19-24(3)13-34(50)39-45-18-33(47-39)27-9-11-29-28(15-27)22-57-36-17-30-26(16-31(29)36)10-12-32-38(30)48-40(46-32)35-14-25(21-55-7)20-51(35)43(54)58-44(4,5)6/h9-12,15-18,23-25,34-35,37H,13-14,19-22H2,1-8H3,(H,45,47)(H,46,48)(H,49,53)/t24?,25-,34?,35-,37-/m0/s1. The number of benzene rings is 3. The van der Waals surface area contributed by atoms with Crippen molar-refractivity contribution in [3.05, 3.63) is 65.9 Å². The number of hydrogen-bond donors (Lipinski definition) is 3. The zero-order chi connectivity index (χ0) is 41.0. The van der Waals surface area contributed by atoms with E-state index in [1.807, 2.05) is 51.8 Å². The van der Waals surface area contributed by atoms with Crippen molar-refractivity contribution >= 4 is 39.9 Å². The average molecular weight is 792 g/mol. The number of ether oxygens (including phenoxy) is 4. The minimum atomic E-state index is -0.707. The second-order valence-corrected chi connectivity index (χ2v) is 17.4. The molecular formula is C44H53N7O7. The van der Waals surface area contributed by atoms with Crippen molar-refractivity contribution < 1.29 is 33.3 Å². The highest BCUT2D eigenvalue weighted by atomic mass is 16.6. The second-order valence-electron chi connectivity index (χ2n) is 17.4. The number of likely N-dealkylation sites (tertiary alicyclic amines) is 2. The van der Waals surface area contributed by atoms with Crippen molar-refractivity contribution in [2.75, 3.05) is 33.9 Å². The van der Waals surface area contributed by atoms with E-state index in [1.54, 1.807) is 12.0 Å². The molecule has 58 heavy (non-hydrogen) atoms. The van der Waals surface area contributed by atoms with E-state index in [2.05, 4.69) is 58.6 Å². The van der Waals surface area contributed by atoms with E-state index in [9.17, 15) is 14.4 Å². The number of nitrogens with zero attached hydrogens (tertiary/aromatic N) is 4. The van der Waals surface area contributed by atoms with Gasteiger partial charge in [-0.15, -0.1) is 0 Å². The molecule has 2 aromatic heterocycles. The summed E-state index contributed by atoms with van der Waals surface area (Å²) in [5.74, 6) is 2.40. The minimum absolute atomic E-state index is 0.120. The van der Waals surface area contributed by atoms with Gasteiger partial charge in [0.1, 0.15) is 35.6 Å². The molecule has 3 N–H and O–H groups in total. The van der Waals surface area contributed by atoms with Gasteiger partial charge in [0.15, 0.2) is 0 Å². The van der Waals surface area contributed by atoms with Crippen LogP contribution in [0.5, 0.6) is 5.75 Å². The van der Waals surface area contributed by atoms with Gasteiger partial charge in [-0.1, -0.05) is 39.0 Å². The monoisotopic (exact) mass is 791 g/mol. The molecule has 3 aromatic carbocycles. The van der Waals surface area contributed by atoms with Crippen molar-refractivity contribution in [1.29, 1.82) is 0 Å². The molecule has 0 saturated carbocycles. The van der Waals surface area contributed by atoms with E-state index in [-0.39, 0.29) is 41.8 Å². The van der Waals surface area contributed by atoms with Crippen molar-refractivity contribution in [2.45, 2.75) is 84.7 Å². The van der Waals surface area contributed by atoms with E-state index >= 15 is 0 Å². The Labute approximate surface area is 338 Å². The third kappa shape index (κ3) is 7.45. The molecule has 0 radical (unpaired) electrons. The Balaban J connectivity index is 1.05. The largest absolute Gasteiger partial charge is 0.488 e. The number of hydrogen-bond acceptors (Lipinski definition) is 9. The predicted octanol–water partition coefficient (Wildman–Crippen LogP) is 7.90. The average Bonchev–Trinajstić information content (AvgIpc) is 4.00. The first-order valence-electron chi connectivity index (χ1n) is 20.1. The Morgan fingerprint density at radius 1 is 0.966 bits per heavy atom. The van der Waals surface area contributed by atoms with Crippen LogP contribution in [0.4, 0.5) is 9.59 Å². The predicted molar refractivity (Wildman–Crippen MR) is 219 cm³/mol. The van der Waals surface area contributed by atoms with Gasteiger partial charge in [0.25, 0.3) is 0 Å². The van der Waals surface area contributed by atoms with Gasteiger partial charge < -0.3 is 39.1 Å². The normalized spacial score (nSPS) is 20.9. The first-order chi connectivity index (χ1) is 27.7. The van der Waals surface area contributed by atoms with Crippen LogP contribution in [0.25, 0.3) is 44.2 Å². The molecule has 3 aliphatic rings. The van der Waals surface area contributed by atoms with Crippen LogP contribution in [0, 0.1) is 17.8 Å². The lowest BCUT2D eigenvalue weighted by atomic mass is 9.92. The summed E-state index contributed by atoms with van der Waals surface area (Å²) in [6.45, 7) is 13.6. The third-order valence-corrected chi connectivity index (χ3v) is 11.5. The summed E-state index contributed by atoms with van der Waals surface area (Å²) in [5, 5.41) is 4.72. The molecular weight excluding hydrogens is 739 g/mol. The van der Waals surface area contributed by atoms with Crippen LogP contribution >= 0.6 is 0 Å². The van der Waals surface area contributed by atoms with Gasteiger partial charge in [0.05, 0.1) is 48.7 Å². The summed E-state index contributed by atoms with van der Waals surface area (Å²) < 4.78 is 22.5. The van der Waals surface area contributed by atoms with Crippen LogP contribution < -0.4 is 10.1 Å². The third-order valence-electron chi connectivity index (χ3n) is 11.5. The van der Waals surface area contributed by atoms with Crippen molar-refractivity contribution in [3.8, 4) is 28.1 Å². The molecule has 14 nitrogen and oxygen atoms in total. The molecule has 2 fully saturated rings. The van der Waals surface area contributed by atoms with Crippen LogP contribution in [-0.4, -0.2) is 93.4 Å². The van der Waals surface area contributed by atoms with Crippen LogP contribution in [-0.2, 0) is 25.6 Å². The maximum Gasteiger partial charge on any atom is 0.410 e. The molecule has 306 valence electrons. The Hall–Kier alpha value is -5.63. The molecule has 0 spiro atoms. The number of rotatable bonds is 8. The Kier molecular flexibility index (Phi) is 10.3. The summed E-state index contributed by atoms with van der Waals surface area (Å²) >= 11 is 0. The fourth-order valence-corrected chi connectivity index (χ4v) is 8.77. The highest BCUT2D eigenvalue weighted by molar-refractivity contribution is 6.07. The first kappa shape index (κ1) is 39.2. The fraction of sp³-hybridized carbons (Fsp3) is 0.477. The molecule has 2 saturated heterocycles. The van der Waals surface area contributed by atoms with Gasteiger partial charge >= 0.3 is 12.2 Å². The number of aromatic amines is 2. The number of imidazole rings is 2. The number of carbonyl (C=O) groups excluding carboxylic acids is 3. The summed E-state index contributed by atoms with van der Waals surface area (Å²) in [5.41, 5.74) is 6.06. The molecule has 0 aliphatic carbocycles. The summed E-state index contributed by atoms with van der Waals surface area (Å²) in [6, 6.07) is 13.5. The SMILES string of the molecule is COC[C@H]1C[C@@H](c2nc3c(ccc4cc5c(cc43)OCc3cc(-c4cnc(C6CC(C)CN6C(=O)[C@@H](NC(=O)OC)C(C)C)[nH]4)ccc3-5)[nH]2)N(C(=O)OC(C)(C)C)C1. The van der Waals surface area contributed by atoms with Gasteiger partial charge in [0, 0.05) is 37.1 Å². The molecule has 5 heterocycles. The number of fused-ring (bicyclic) bond motifs is 6. The van der Waals surface area contributed by atoms with Gasteiger partial charge in [0.2, 0.25) is 5.91 Å². The lowest BCUT2D eigenvalue weighted by molar-refractivity contribution is -0.135. The van der Waals surface area contributed by atoms with Crippen molar-refractivity contribution in [3.63, 3.8) is 0 Å². The van der Waals surface area contributed by atoms with Gasteiger partial charge in [-0.3, -0.25) is 9.69 Å². The number of methoxy groups -OCH3 is 2. The van der Waals surface area contributed by atoms with E-state index in [4.69, 9.17) is 28.9 Å². The number of carbonyl (C=O) groups is 3. The smallest absolute Gasteiger partial charge is 0.410 e. The molecule has 14 heteroatoms. The number of nitrogens with one attached hydrogen (secondary N) is 3. The zero-order valence-electron chi connectivity index (χ0n) is 34.5. The summed E-state index contributed by atoms with van der Waals surface area (Å²) in [6.07, 6.45) is 2.32. The van der Waals surface area contributed by atoms with Crippen LogP contribution in [0.2, 0.25) is 0 Å². The summed E-state index contributed by atoms with van der Waals surface area (Å²) in [4.78, 5) is 59.7. The van der Waals surface area contributed by atoms with E-state index in [0.717, 1.165) is 74.2 Å². The molecule has 3 aliphatic heterocycles. The second kappa shape index (κ2) is 15.3. The van der Waals surface area contributed by atoms with Crippen LogP contribution in [0.3, 0.4) is 0 Å². The Bertz CT molecular complexity index is 2380. The highest BCUT2D eigenvalue weighted by Gasteiger charge is 2.41. The Morgan fingerprint density at radius 2 is 1.76 bits per heavy atom. The van der Waals surface area contributed by atoms with E-state index in [0.29, 0.717) is 32.1 Å². The number of H-pyrrole nitrogens is 2. The number of alkyl carbamates (subject to hydrolysis) is 1. The molecule has 3 amide bonds. The van der Waals surface area contributed by atoms with Crippen LogP contribution in [0.15, 0.2) is 48.7 Å². The molecule has 5 atom stereocenters. The quantitative estimate of drug-likeness (QED) is 0.142. The Morgan fingerprint density at radius 3 is 2.50 bits per heavy atom. The molecule has 5 aromatic rings. The fourth-order valence-electron chi connectivity index (χ4n) is 8.77. The number of aromatic nitrogens is 4. The van der Waals surface area contributed by atoms with E-state index < -0.39 is 17.7 Å². The first-order valence-corrected chi connectivity index (χ1v) is 20.1. The van der Waals surface area contributed by atoms with Gasteiger partial charge in [-0.05, 0) is 91.8 Å². The van der Waals surface area contributed by atoms with Crippen molar-refractivity contribution in [1.82, 2.24) is 35.1 Å². The minimum Gasteiger partial charge on any atom is -0.488 e. The topological polar surface area (TPSA) is 164 Å². The molecule has 0 bridgehead atoms. The molecule has 8 rings (SSSR count). The maximum atomic E-state index is 13.8. The lowest BCUT2D eigenvalue weighted by Crippen LogP contribution is -2.51. The molecule has 2 unspecified atom stereocenters. The van der Waals surface area contributed by atoms with Crippen molar-refractivity contribution in [2.24, 2.45) is 17.8 Å². The van der Waals surface area contributed by atoms with Gasteiger partial charge in [-0.25, -0.2) is 19.6 Å². The highest BCUT2D eigenvalue weighted by Crippen LogP contribution is 2.44. The summed E-state index contributed by atoms with van der Waals surface area (Å²) in [7, 11) is 2.98. The van der Waals surface area contributed by atoms with Crippen LogP contribution in [0.1, 0.15) is 83.7 Å².